The molecule has 0 aliphatic rings. The highest BCUT2D eigenvalue weighted by Gasteiger charge is 2.33. The van der Waals surface area contributed by atoms with Gasteiger partial charge in [0.05, 0.1) is 35.8 Å². The van der Waals surface area contributed by atoms with E-state index < -0.39 is 17.7 Å². The number of rotatable bonds is 5. The number of benzene rings is 3. The smallest absolute Gasteiger partial charge is 0.416 e. The summed E-state index contributed by atoms with van der Waals surface area (Å²) in [6.07, 6.45) is -4.50. The summed E-state index contributed by atoms with van der Waals surface area (Å²) >= 11 is 0. The molecule has 3 aromatic carbocycles. The van der Waals surface area contributed by atoms with Crippen LogP contribution in [-0.2, 0) is 17.5 Å². The first kappa shape index (κ1) is 21.2. The Bertz CT molecular complexity index is 1280. The number of aromatic nitrogens is 2. The number of imidazole rings is 1. The number of halogens is 3. The van der Waals surface area contributed by atoms with Crippen LogP contribution in [0, 0.1) is 0 Å². The number of nitrogens with zero attached hydrogens (tertiary/aromatic N) is 2. The van der Waals surface area contributed by atoms with Gasteiger partial charge in [-0.3, -0.25) is 0 Å². The summed E-state index contributed by atoms with van der Waals surface area (Å²) in [5.74, 6) is -0.188. The van der Waals surface area contributed by atoms with E-state index in [1.165, 1.54) is 43.5 Å². The molecule has 9 heteroatoms. The van der Waals surface area contributed by atoms with Crippen molar-refractivity contribution >= 4 is 28.6 Å². The normalized spacial score (nSPS) is 11.5. The molecule has 0 bridgehead atoms. The van der Waals surface area contributed by atoms with Crippen LogP contribution in [0.3, 0.4) is 0 Å². The number of nitrogens with one attached hydrogen (secondary N) is 1. The minimum atomic E-state index is -4.50. The zero-order valence-electron chi connectivity index (χ0n) is 16.8. The van der Waals surface area contributed by atoms with E-state index in [9.17, 15) is 23.1 Å². The Kier molecular flexibility index (Phi) is 5.48. The molecule has 1 aromatic heterocycles. The number of carbonyl (C=O) groups is 1. The Hall–Kier alpha value is -4.01. The van der Waals surface area contributed by atoms with Gasteiger partial charge < -0.3 is 19.7 Å². The van der Waals surface area contributed by atoms with Gasteiger partial charge in [-0.15, -0.1) is 0 Å². The van der Waals surface area contributed by atoms with Crippen LogP contribution < -0.4 is 5.32 Å². The molecule has 0 unspecified atom stereocenters. The Balaban J connectivity index is 1.83. The number of hydrogen-bond donors (Lipinski definition) is 2. The lowest BCUT2D eigenvalue weighted by Gasteiger charge is -2.16. The SMILES string of the molecule is COC(=O)c1ccc2c(c1)nc(Nc1ccc(O)cc1)n2Cc1ccccc1C(F)(F)F. The van der Waals surface area contributed by atoms with Gasteiger partial charge in [0, 0.05) is 5.69 Å². The van der Waals surface area contributed by atoms with Crippen LogP contribution in [0.4, 0.5) is 24.8 Å². The summed E-state index contributed by atoms with van der Waals surface area (Å²) < 4.78 is 47.0. The fraction of sp³-hybridized carbons (Fsp3) is 0.130. The summed E-state index contributed by atoms with van der Waals surface area (Å²) in [7, 11) is 1.26. The lowest BCUT2D eigenvalue weighted by molar-refractivity contribution is -0.138. The van der Waals surface area contributed by atoms with Crippen molar-refractivity contribution in [3.63, 3.8) is 0 Å². The molecule has 6 nitrogen and oxygen atoms in total. The quantitative estimate of drug-likeness (QED) is 0.323. The minimum absolute atomic E-state index is 0.0742. The lowest BCUT2D eigenvalue weighted by Crippen LogP contribution is -2.12. The summed E-state index contributed by atoms with van der Waals surface area (Å²) in [5, 5.41) is 12.6. The van der Waals surface area contributed by atoms with Crippen LogP contribution in [0.1, 0.15) is 21.5 Å². The highest BCUT2D eigenvalue weighted by atomic mass is 19.4. The van der Waals surface area contributed by atoms with Gasteiger partial charge in [0.25, 0.3) is 0 Å². The Morgan fingerprint density at radius 3 is 2.50 bits per heavy atom. The molecule has 1 heterocycles. The van der Waals surface area contributed by atoms with Gasteiger partial charge >= 0.3 is 12.1 Å². The average molecular weight is 441 g/mol. The van der Waals surface area contributed by atoms with Gasteiger partial charge in [0.1, 0.15) is 5.75 Å². The molecule has 32 heavy (non-hydrogen) atoms. The molecule has 4 aromatic rings. The van der Waals surface area contributed by atoms with Gasteiger partial charge in [-0.25, -0.2) is 9.78 Å². The Morgan fingerprint density at radius 2 is 1.81 bits per heavy atom. The van der Waals surface area contributed by atoms with E-state index in [-0.39, 0.29) is 29.4 Å². The van der Waals surface area contributed by atoms with E-state index in [1.54, 1.807) is 28.8 Å². The van der Waals surface area contributed by atoms with Crippen molar-refractivity contribution in [2.24, 2.45) is 0 Å². The summed E-state index contributed by atoms with van der Waals surface area (Å²) in [6, 6.07) is 16.2. The number of anilines is 2. The zero-order chi connectivity index (χ0) is 22.9. The number of phenols is 1. The highest BCUT2D eigenvalue weighted by molar-refractivity contribution is 5.94. The number of methoxy groups -OCH3 is 1. The van der Waals surface area contributed by atoms with Crippen LogP contribution in [-0.4, -0.2) is 27.7 Å². The second kappa shape index (κ2) is 8.26. The van der Waals surface area contributed by atoms with Gasteiger partial charge in [-0.2, -0.15) is 13.2 Å². The molecule has 0 saturated heterocycles. The van der Waals surface area contributed by atoms with Crippen molar-refractivity contribution in [1.29, 1.82) is 0 Å². The number of phenolic OH excluding ortho intramolecular Hbond substituents is 1. The summed E-state index contributed by atoms with van der Waals surface area (Å²) in [6.45, 7) is -0.107. The minimum Gasteiger partial charge on any atom is -0.508 e. The van der Waals surface area contributed by atoms with Crippen LogP contribution in [0.25, 0.3) is 11.0 Å². The third kappa shape index (κ3) is 4.22. The average Bonchev–Trinajstić information content (AvgIpc) is 3.10. The van der Waals surface area contributed by atoms with E-state index in [2.05, 4.69) is 10.3 Å². The molecular formula is C23H18F3N3O3. The van der Waals surface area contributed by atoms with Crippen LogP contribution >= 0.6 is 0 Å². The number of fused-ring (bicyclic) bond motifs is 1. The molecular weight excluding hydrogens is 423 g/mol. The van der Waals surface area contributed by atoms with Crippen molar-refractivity contribution in [2.75, 3.05) is 12.4 Å². The topological polar surface area (TPSA) is 76.4 Å². The fourth-order valence-corrected chi connectivity index (χ4v) is 3.41. The molecule has 0 aliphatic heterocycles. The van der Waals surface area contributed by atoms with Crippen LogP contribution in [0.15, 0.2) is 66.7 Å². The van der Waals surface area contributed by atoms with Crippen LogP contribution in [0.2, 0.25) is 0 Å². The first-order valence-corrected chi connectivity index (χ1v) is 9.56. The van der Waals surface area contributed by atoms with E-state index in [1.807, 2.05) is 0 Å². The van der Waals surface area contributed by atoms with Crippen LogP contribution in [0.5, 0.6) is 5.75 Å². The summed E-state index contributed by atoms with van der Waals surface area (Å²) in [5.41, 5.74) is 1.15. The molecule has 0 fully saturated rings. The highest BCUT2D eigenvalue weighted by Crippen LogP contribution is 2.34. The van der Waals surface area contributed by atoms with E-state index in [4.69, 9.17) is 4.74 Å². The zero-order valence-corrected chi connectivity index (χ0v) is 16.8. The monoisotopic (exact) mass is 441 g/mol. The first-order chi connectivity index (χ1) is 15.3. The van der Waals surface area contributed by atoms with Gasteiger partial charge in [-0.1, -0.05) is 18.2 Å². The lowest BCUT2D eigenvalue weighted by atomic mass is 10.1. The molecule has 0 amide bonds. The van der Waals surface area contributed by atoms with Gasteiger partial charge in [0.2, 0.25) is 5.95 Å². The maximum atomic E-state index is 13.5. The number of hydrogen-bond acceptors (Lipinski definition) is 5. The largest absolute Gasteiger partial charge is 0.508 e. The summed E-state index contributed by atoms with van der Waals surface area (Å²) in [4.78, 5) is 16.4. The molecule has 0 saturated carbocycles. The first-order valence-electron chi connectivity index (χ1n) is 9.56. The number of alkyl halides is 3. The molecule has 4 rings (SSSR count). The van der Waals surface area contributed by atoms with Crippen molar-refractivity contribution in [1.82, 2.24) is 9.55 Å². The fourth-order valence-electron chi connectivity index (χ4n) is 3.41. The predicted molar refractivity (Wildman–Crippen MR) is 113 cm³/mol. The van der Waals surface area contributed by atoms with E-state index in [0.717, 1.165) is 6.07 Å². The number of aromatic hydroxyl groups is 1. The van der Waals surface area contributed by atoms with Crippen molar-refractivity contribution < 1.29 is 27.8 Å². The standard InChI is InChI=1S/C23H18F3N3O3/c1-32-21(31)14-6-11-20-19(12-14)28-22(27-16-7-9-17(30)10-8-16)29(20)13-15-4-2-3-5-18(15)23(24,25)26/h2-12,30H,13H2,1H3,(H,27,28). The van der Waals surface area contributed by atoms with E-state index >= 15 is 0 Å². The number of esters is 1. The van der Waals surface area contributed by atoms with Gasteiger partial charge in [0.15, 0.2) is 0 Å². The second-order valence-electron chi connectivity index (χ2n) is 7.04. The Morgan fingerprint density at radius 1 is 1.09 bits per heavy atom. The molecule has 0 aliphatic carbocycles. The predicted octanol–water partition coefficient (Wildman–Crippen LogP) is 5.34. The molecule has 0 atom stereocenters. The van der Waals surface area contributed by atoms with Crippen molar-refractivity contribution in [2.45, 2.75) is 12.7 Å². The maximum absolute atomic E-state index is 13.5. The Labute approximate surface area is 180 Å². The number of ether oxygens (including phenoxy) is 1. The third-order valence-electron chi connectivity index (χ3n) is 4.94. The van der Waals surface area contributed by atoms with Crippen molar-refractivity contribution in [3.8, 4) is 5.75 Å². The number of carbonyl (C=O) groups excluding carboxylic acids is 1. The van der Waals surface area contributed by atoms with Crippen molar-refractivity contribution in [3.05, 3.63) is 83.4 Å². The molecule has 2 N–H and O–H groups in total. The molecule has 0 spiro atoms. The molecule has 164 valence electrons. The maximum Gasteiger partial charge on any atom is 0.416 e. The molecule has 0 radical (unpaired) electrons. The third-order valence-corrected chi connectivity index (χ3v) is 4.94. The van der Waals surface area contributed by atoms with Gasteiger partial charge in [-0.05, 0) is 54.1 Å². The van der Waals surface area contributed by atoms with E-state index in [0.29, 0.717) is 16.7 Å². The second-order valence-corrected chi connectivity index (χ2v) is 7.04.